The van der Waals surface area contributed by atoms with Gasteiger partial charge >= 0.3 is 6.09 Å². The molecular formula is C15H24N2O3Si. The smallest absolute Gasteiger partial charge is 0.410 e. The first kappa shape index (κ1) is 15.9. The van der Waals surface area contributed by atoms with Crippen LogP contribution in [0.4, 0.5) is 4.79 Å². The predicted octanol–water partition coefficient (Wildman–Crippen LogP) is 3.00. The molecule has 1 amide bonds. The molecule has 2 unspecified atom stereocenters. The summed E-state index contributed by atoms with van der Waals surface area (Å²) in [6.07, 6.45) is -0.811. The van der Waals surface area contributed by atoms with Crippen molar-refractivity contribution in [2.24, 2.45) is 16.0 Å². The van der Waals surface area contributed by atoms with Crippen molar-refractivity contribution in [1.29, 1.82) is 0 Å². The molecule has 0 radical (unpaired) electrons. The van der Waals surface area contributed by atoms with Crippen LogP contribution in [0, 0.1) is 22.3 Å². The molecule has 1 fully saturated rings. The van der Waals surface area contributed by atoms with Crippen molar-refractivity contribution in [3.05, 3.63) is 0 Å². The minimum Gasteiger partial charge on any atom is -0.465 e. The van der Waals surface area contributed by atoms with Crippen molar-refractivity contribution in [2.75, 3.05) is 6.54 Å². The number of amides is 1. The van der Waals surface area contributed by atoms with Gasteiger partial charge in [0.05, 0.1) is 5.41 Å². The van der Waals surface area contributed by atoms with E-state index in [0.29, 0.717) is 18.7 Å². The second kappa shape index (κ2) is 4.77. The van der Waals surface area contributed by atoms with Crippen LogP contribution in [0.5, 0.6) is 0 Å². The molecule has 0 aromatic rings. The third-order valence-electron chi connectivity index (χ3n) is 4.26. The average Bonchev–Trinajstić information content (AvgIpc) is 2.80. The monoisotopic (exact) mass is 308 g/mol. The van der Waals surface area contributed by atoms with Crippen molar-refractivity contribution >= 4 is 19.9 Å². The van der Waals surface area contributed by atoms with E-state index in [1.807, 2.05) is 0 Å². The first-order valence-electron chi connectivity index (χ1n) is 7.26. The Hall–Kier alpha value is -1.48. The Labute approximate surface area is 127 Å². The fourth-order valence-corrected chi connectivity index (χ4v) is 3.54. The van der Waals surface area contributed by atoms with E-state index in [2.05, 4.69) is 57.0 Å². The Morgan fingerprint density at radius 1 is 1.48 bits per heavy atom. The van der Waals surface area contributed by atoms with Crippen LogP contribution < -0.4 is 0 Å². The third kappa shape index (κ3) is 2.55. The highest BCUT2D eigenvalue weighted by Gasteiger charge is 2.63. The second-order valence-electron chi connectivity index (χ2n) is 7.84. The van der Waals surface area contributed by atoms with Crippen LogP contribution in [0.15, 0.2) is 5.16 Å². The summed E-state index contributed by atoms with van der Waals surface area (Å²) in [5.74, 6) is 3.22. The lowest BCUT2D eigenvalue weighted by Gasteiger charge is -2.39. The first-order valence-corrected chi connectivity index (χ1v) is 10.8. The van der Waals surface area contributed by atoms with Crippen molar-refractivity contribution in [3.63, 3.8) is 0 Å². The molecule has 2 aliphatic heterocycles. The van der Waals surface area contributed by atoms with E-state index >= 15 is 0 Å². The third-order valence-corrected chi connectivity index (χ3v) is 5.13. The molecule has 0 bridgehead atoms. The number of carboxylic acid groups (broad SMARTS) is 1. The maximum absolute atomic E-state index is 11.4. The molecule has 21 heavy (non-hydrogen) atoms. The Kier molecular flexibility index (Phi) is 3.61. The molecule has 1 saturated heterocycles. The molecule has 6 heteroatoms. The van der Waals surface area contributed by atoms with Gasteiger partial charge in [0, 0.05) is 6.54 Å². The molecule has 2 rings (SSSR count). The number of likely N-dealkylation sites (tertiary alicyclic amines) is 1. The highest BCUT2D eigenvalue weighted by molar-refractivity contribution is 6.84. The van der Waals surface area contributed by atoms with Gasteiger partial charge in [-0.1, -0.05) is 51.5 Å². The Morgan fingerprint density at radius 2 is 2.10 bits per heavy atom. The lowest BCUT2D eigenvalue weighted by atomic mass is 9.62. The Bertz CT molecular complexity index is 548. The number of hydrogen-bond acceptors (Lipinski definition) is 3. The SMILES string of the molecule is CC(C)(C)C12CCN(C(=O)O)C1ON=C2C#C[Si](C)(C)C. The Morgan fingerprint density at radius 3 is 2.57 bits per heavy atom. The van der Waals surface area contributed by atoms with Crippen LogP contribution in [-0.2, 0) is 4.84 Å². The van der Waals surface area contributed by atoms with Crippen molar-refractivity contribution < 1.29 is 14.7 Å². The van der Waals surface area contributed by atoms with Gasteiger partial charge in [-0.05, 0) is 11.8 Å². The van der Waals surface area contributed by atoms with Gasteiger partial charge in [0.2, 0.25) is 6.23 Å². The minimum absolute atomic E-state index is 0.175. The van der Waals surface area contributed by atoms with Gasteiger partial charge in [0.25, 0.3) is 0 Å². The summed E-state index contributed by atoms with van der Waals surface area (Å²) in [7, 11) is -1.53. The molecule has 2 heterocycles. The fourth-order valence-electron chi connectivity index (χ4n) is 3.05. The molecule has 1 N–H and O–H groups in total. The lowest BCUT2D eigenvalue weighted by molar-refractivity contribution is -0.0678. The normalized spacial score (nSPS) is 28.4. The molecule has 0 aromatic heterocycles. The summed E-state index contributed by atoms with van der Waals surface area (Å²) >= 11 is 0. The molecule has 0 spiro atoms. The molecular weight excluding hydrogens is 284 g/mol. The van der Waals surface area contributed by atoms with Crippen LogP contribution in [0.1, 0.15) is 27.2 Å². The summed E-state index contributed by atoms with van der Waals surface area (Å²) < 4.78 is 0. The minimum atomic E-state index is -1.53. The van der Waals surface area contributed by atoms with Crippen molar-refractivity contribution in [1.82, 2.24) is 4.90 Å². The molecule has 2 atom stereocenters. The van der Waals surface area contributed by atoms with Gasteiger partial charge in [-0.25, -0.2) is 4.79 Å². The van der Waals surface area contributed by atoms with Crippen LogP contribution >= 0.6 is 0 Å². The number of carbonyl (C=O) groups is 1. The molecule has 0 saturated carbocycles. The van der Waals surface area contributed by atoms with Gasteiger partial charge < -0.3 is 9.94 Å². The summed E-state index contributed by atoms with van der Waals surface area (Å²) in [6.45, 7) is 13.3. The van der Waals surface area contributed by atoms with Crippen molar-refractivity contribution in [2.45, 2.75) is 53.1 Å². The van der Waals surface area contributed by atoms with Crippen LogP contribution in [0.3, 0.4) is 0 Å². The summed E-state index contributed by atoms with van der Waals surface area (Å²) in [6, 6.07) is 0. The largest absolute Gasteiger partial charge is 0.465 e. The Balaban J connectivity index is 2.45. The van der Waals surface area contributed by atoms with Crippen molar-refractivity contribution in [3.8, 4) is 11.5 Å². The molecule has 0 aromatic carbocycles. The molecule has 0 aliphatic carbocycles. The zero-order valence-electron chi connectivity index (χ0n) is 13.6. The summed E-state index contributed by atoms with van der Waals surface area (Å²) in [5, 5.41) is 13.5. The van der Waals surface area contributed by atoms with Gasteiger partial charge in [-0.2, -0.15) is 0 Å². The van der Waals surface area contributed by atoms with Crippen LogP contribution in [0.25, 0.3) is 0 Å². The molecule has 116 valence electrons. The van der Waals surface area contributed by atoms with E-state index in [-0.39, 0.29) is 5.41 Å². The number of fused-ring (bicyclic) bond motifs is 1. The number of hydrogen-bond donors (Lipinski definition) is 1. The van der Waals surface area contributed by atoms with Gasteiger partial charge in [-0.3, -0.25) is 4.90 Å². The summed E-state index contributed by atoms with van der Waals surface area (Å²) in [5.41, 5.74) is 3.42. The number of nitrogens with zero attached hydrogens (tertiary/aromatic N) is 2. The highest BCUT2D eigenvalue weighted by atomic mass is 28.3. The van der Waals surface area contributed by atoms with Gasteiger partial charge in [-0.15, -0.1) is 5.54 Å². The average molecular weight is 308 g/mol. The molecule has 5 nitrogen and oxygen atoms in total. The highest BCUT2D eigenvalue weighted by Crippen LogP contribution is 2.54. The molecule has 2 aliphatic rings. The van der Waals surface area contributed by atoms with Gasteiger partial charge in [0.15, 0.2) is 0 Å². The quantitative estimate of drug-likeness (QED) is 0.553. The van der Waals surface area contributed by atoms with Gasteiger partial charge in [0.1, 0.15) is 13.8 Å². The van der Waals surface area contributed by atoms with E-state index in [0.717, 1.165) is 0 Å². The zero-order chi connectivity index (χ0) is 16.1. The fraction of sp³-hybridized carbons (Fsp3) is 0.733. The standard InChI is InChI=1S/C15H24N2O3Si/c1-14(2,3)15-8-9-17(13(18)19)12(15)20-16-11(15)7-10-21(4,5)6/h12H,8-9H2,1-6H3,(H,18,19). The summed E-state index contributed by atoms with van der Waals surface area (Å²) in [4.78, 5) is 18.3. The lowest BCUT2D eigenvalue weighted by Crippen LogP contribution is -2.50. The zero-order valence-corrected chi connectivity index (χ0v) is 14.6. The van der Waals surface area contributed by atoms with E-state index in [4.69, 9.17) is 4.84 Å². The topological polar surface area (TPSA) is 62.1 Å². The van der Waals surface area contributed by atoms with E-state index in [9.17, 15) is 9.90 Å². The van der Waals surface area contributed by atoms with E-state index in [1.165, 1.54) is 4.90 Å². The number of oxime groups is 1. The van der Waals surface area contributed by atoms with Crippen LogP contribution in [0.2, 0.25) is 19.6 Å². The second-order valence-corrected chi connectivity index (χ2v) is 12.6. The number of rotatable bonds is 0. The van der Waals surface area contributed by atoms with Crippen LogP contribution in [-0.4, -0.2) is 42.7 Å². The maximum Gasteiger partial charge on any atom is 0.410 e. The van der Waals surface area contributed by atoms with E-state index in [1.54, 1.807) is 0 Å². The van der Waals surface area contributed by atoms with E-state index < -0.39 is 25.8 Å². The first-order chi connectivity index (χ1) is 9.49. The maximum atomic E-state index is 11.4. The predicted molar refractivity (Wildman–Crippen MR) is 84.7 cm³/mol.